The average molecular weight is 403 g/mol. The van der Waals surface area contributed by atoms with Crippen LogP contribution in [0.2, 0.25) is 0 Å². The van der Waals surface area contributed by atoms with Crippen LogP contribution in [0, 0.1) is 27.6 Å². The first-order valence-electron chi connectivity index (χ1n) is 11.6. The highest BCUT2D eigenvalue weighted by molar-refractivity contribution is 5.87. The van der Waals surface area contributed by atoms with Gasteiger partial charge in [-0.2, -0.15) is 0 Å². The van der Waals surface area contributed by atoms with Gasteiger partial charge >= 0.3 is 0 Å². The Morgan fingerprint density at radius 3 is 1.79 bits per heavy atom. The lowest BCUT2D eigenvalue weighted by Gasteiger charge is -2.59. The monoisotopic (exact) mass is 402 g/mol. The van der Waals surface area contributed by atoms with Crippen LogP contribution in [-0.4, -0.2) is 42.1 Å². The van der Waals surface area contributed by atoms with Gasteiger partial charge in [0, 0.05) is 35.9 Å². The molecule has 5 fully saturated rings. The summed E-state index contributed by atoms with van der Waals surface area (Å²) in [6.45, 7) is 10.4. The van der Waals surface area contributed by atoms with E-state index in [2.05, 4.69) is 33.0 Å². The highest BCUT2D eigenvalue weighted by Gasteiger charge is 2.59. The van der Waals surface area contributed by atoms with Crippen molar-refractivity contribution in [2.24, 2.45) is 27.6 Å². The van der Waals surface area contributed by atoms with Crippen LogP contribution in [0.25, 0.3) is 0 Å². The van der Waals surface area contributed by atoms with Gasteiger partial charge < -0.3 is 15.0 Å². The van der Waals surface area contributed by atoms with Crippen LogP contribution in [0.3, 0.4) is 0 Å². The van der Waals surface area contributed by atoms with E-state index in [4.69, 9.17) is 0 Å². The minimum Gasteiger partial charge on any atom is -0.352 e. The molecule has 29 heavy (non-hydrogen) atoms. The maximum Gasteiger partial charge on any atom is 0.228 e. The highest BCUT2D eigenvalue weighted by atomic mass is 16.2. The fourth-order valence-corrected chi connectivity index (χ4v) is 7.40. The second-order valence-electron chi connectivity index (χ2n) is 11.9. The van der Waals surface area contributed by atoms with Gasteiger partial charge in [-0.3, -0.25) is 9.59 Å². The van der Waals surface area contributed by atoms with Crippen molar-refractivity contribution in [2.75, 3.05) is 13.1 Å². The van der Waals surface area contributed by atoms with Crippen molar-refractivity contribution >= 4 is 18.1 Å². The summed E-state index contributed by atoms with van der Waals surface area (Å²) < 4.78 is 0. The molecule has 1 heterocycles. The van der Waals surface area contributed by atoms with Crippen molar-refractivity contribution < 1.29 is 14.4 Å². The topological polar surface area (TPSA) is 66.5 Å². The van der Waals surface area contributed by atoms with Crippen LogP contribution in [0.4, 0.5) is 0 Å². The molecule has 5 heteroatoms. The fourth-order valence-electron chi connectivity index (χ4n) is 7.40. The minimum atomic E-state index is -0.270. The van der Waals surface area contributed by atoms with E-state index in [1.54, 1.807) is 0 Å². The third kappa shape index (κ3) is 3.33. The molecule has 4 aliphatic carbocycles. The summed E-state index contributed by atoms with van der Waals surface area (Å²) in [5.74, 6) is 0.637. The van der Waals surface area contributed by atoms with E-state index in [0.717, 1.165) is 64.1 Å². The van der Waals surface area contributed by atoms with Crippen molar-refractivity contribution in [1.82, 2.24) is 10.2 Å². The number of likely N-dealkylation sites (tertiary alicyclic amines) is 1. The first-order valence-corrected chi connectivity index (χ1v) is 11.6. The Hall–Kier alpha value is -1.39. The molecule has 5 nitrogen and oxygen atoms in total. The Kier molecular flexibility index (Phi) is 4.90. The van der Waals surface area contributed by atoms with Crippen molar-refractivity contribution in [3.8, 4) is 0 Å². The average Bonchev–Trinajstić information content (AvgIpc) is 2.71. The summed E-state index contributed by atoms with van der Waals surface area (Å²) >= 11 is 0. The summed E-state index contributed by atoms with van der Waals surface area (Å²) in [5.41, 5.74) is -0.210. The normalized spacial score (nSPS) is 36.3. The Balaban J connectivity index is 1.39. The Labute approximate surface area is 175 Å². The molecule has 0 radical (unpaired) electrons. The van der Waals surface area contributed by atoms with Crippen molar-refractivity contribution in [2.45, 2.75) is 91.5 Å². The van der Waals surface area contributed by atoms with Crippen LogP contribution < -0.4 is 5.32 Å². The molecule has 1 N–H and O–H groups in total. The van der Waals surface area contributed by atoms with E-state index in [9.17, 15) is 14.4 Å². The summed E-state index contributed by atoms with van der Waals surface area (Å²) in [7, 11) is 0. The number of piperidine rings is 1. The number of aldehydes is 1. The first kappa shape index (κ1) is 20.9. The smallest absolute Gasteiger partial charge is 0.228 e. The van der Waals surface area contributed by atoms with Crippen LogP contribution >= 0.6 is 0 Å². The highest BCUT2D eigenvalue weighted by Crippen LogP contribution is 2.59. The number of hydrogen-bond donors (Lipinski definition) is 1. The molecule has 0 aromatic heterocycles. The molecule has 1 aliphatic heterocycles. The van der Waals surface area contributed by atoms with Crippen LogP contribution in [0.1, 0.15) is 85.5 Å². The molecule has 4 saturated carbocycles. The number of nitrogens with one attached hydrogen (secondary N) is 1. The maximum atomic E-state index is 13.4. The molecule has 0 aromatic carbocycles. The quantitative estimate of drug-likeness (QED) is 0.729. The molecule has 2 bridgehead atoms. The zero-order valence-corrected chi connectivity index (χ0v) is 18.7. The summed E-state index contributed by atoms with van der Waals surface area (Å²) in [6.07, 6.45) is 8.79. The van der Waals surface area contributed by atoms with Crippen molar-refractivity contribution in [3.63, 3.8) is 0 Å². The maximum absolute atomic E-state index is 13.4. The number of fused-ring (bicyclic) bond motifs is 3. The third-order valence-corrected chi connectivity index (χ3v) is 8.95. The number of carbonyl (C=O) groups excluding carboxylic acids is 3. The van der Waals surface area contributed by atoms with E-state index in [1.807, 2.05) is 4.90 Å². The molecule has 0 atom stereocenters. The molecule has 1 saturated heterocycles. The van der Waals surface area contributed by atoms with Crippen LogP contribution in [0.15, 0.2) is 0 Å². The second kappa shape index (κ2) is 6.81. The number of carbonyl (C=O) groups is 3. The molecule has 2 amide bonds. The molecule has 0 spiro atoms. The van der Waals surface area contributed by atoms with E-state index in [1.165, 1.54) is 0 Å². The zero-order chi connectivity index (χ0) is 21.1. The second-order valence-corrected chi connectivity index (χ2v) is 11.9. The predicted octanol–water partition coefficient (Wildman–Crippen LogP) is 3.71. The third-order valence-electron chi connectivity index (χ3n) is 8.95. The number of rotatable bonds is 4. The van der Waals surface area contributed by atoms with E-state index in [-0.39, 0.29) is 45.4 Å². The van der Waals surface area contributed by atoms with Gasteiger partial charge in [-0.25, -0.2) is 0 Å². The van der Waals surface area contributed by atoms with Gasteiger partial charge in [0.1, 0.15) is 6.29 Å². The van der Waals surface area contributed by atoms with E-state index in [0.29, 0.717) is 13.1 Å². The SMILES string of the molecule is CC1(C)CC(C)(C)C1NC(=O)C12CCC(C(=O)N3CCC(C=O)CC3)(CC1)CC2. The Morgan fingerprint density at radius 2 is 1.34 bits per heavy atom. The van der Waals surface area contributed by atoms with Gasteiger partial charge in [-0.15, -0.1) is 0 Å². The summed E-state index contributed by atoms with van der Waals surface area (Å²) in [4.78, 5) is 39.7. The van der Waals surface area contributed by atoms with Crippen molar-refractivity contribution in [1.29, 1.82) is 0 Å². The molecule has 0 aromatic rings. The van der Waals surface area contributed by atoms with E-state index < -0.39 is 0 Å². The molecular formula is C24H38N2O3. The lowest BCUT2D eigenvalue weighted by molar-refractivity contribution is -0.161. The van der Waals surface area contributed by atoms with Gasteiger partial charge in [0.2, 0.25) is 11.8 Å². The van der Waals surface area contributed by atoms with Gasteiger partial charge in [-0.1, -0.05) is 27.7 Å². The molecule has 5 rings (SSSR count). The molecule has 162 valence electrons. The molecular weight excluding hydrogens is 364 g/mol. The summed E-state index contributed by atoms with van der Waals surface area (Å²) in [5, 5.41) is 3.43. The number of nitrogens with zero attached hydrogens (tertiary/aromatic N) is 1. The van der Waals surface area contributed by atoms with Gasteiger partial charge in [-0.05, 0) is 68.6 Å². The first-order chi connectivity index (χ1) is 13.5. The van der Waals surface area contributed by atoms with Gasteiger partial charge in [0.05, 0.1) is 0 Å². The largest absolute Gasteiger partial charge is 0.352 e. The van der Waals surface area contributed by atoms with Crippen LogP contribution in [-0.2, 0) is 14.4 Å². The molecule has 5 aliphatic rings. The van der Waals surface area contributed by atoms with Gasteiger partial charge in [0.15, 0.2) is 0 Å². The Bertz CT molecular complexity index is 664. The standard InChI is InChI=1S/C24H38N2O3/c1-21(2)16-22(3,4)18(21)25-19(28)23-7-10-24(11-8-23,12-9-23)20(29)26-13-5-17(15-27)6-14-26/h15,17-18H,5-14,16H2,1-4H3,(H,25,28). The Morgan fingerprint density at radius 1 is 0.862 bits per heavy atom. The zero-order valence-electron chi connectivity index (χ0n) is 18.7. The van der Waals surface area contributed by atoms with Gasteiger partial charge in [0.25, 0.3) is 0 Å². The lowest BCUT2D eigenvalue weighted by Crippen LogP contribution is -2.66. The van der Waals surface area contributed by atoms with Crippen LogP contribution in [0.5, 0.6) is 0 Å². The summed E-state index contributed by atoms with van der Waals surface area (Å²) in [6, 6.07) is 0.228. The van der Waals surface area contributed by atoms with E-state index >= 15 is 0 Å². The minimum absolute atomic E-state index is 0.116. The molecule has 0 unspecified atom stereocenters. The fraction of sp³-hybridized carbons (Fsp3) is 0.875. The van der Waals surface area contributed by atoms with Crippen molar-refractivity contribution in [3.05, 3.63) is 0 Å². The number of hydrogen-bond acceptors (Lipinski definition) is 3. The predicted molar refractivity (Wildman–Crippen MR) is 112 cm³/mol. The lowest BCUT2D eigenvalue weighted by atomic mass is 9.50. The number of amides is 2.